The molecule has 5 N–H and O–H groups in total. The van der Waals surface area contributed by atoms with Crippen LogP contribution in [0.5, 0.6) is 0 Å². The third kappa shape index (κ3) is 8.97. The Kier molecular flexibility index (Phi) is 14.1. The summed E-state index contributed by atoms with van der Waals surface area (Å²) in [5.41, 5.74) is -1.14. The highest BCUT2D eigenvalue weighted by Gasteiger charge is 2.78. The van der Waals surface area contributed by atoms with Gasteiger partial charge < -0.3 is 49.7 Å². The van der Waals surface area contributed by atoms with E-state index < -0.39 is 131 Å². The minimum atomic E-state index is -2.46. The summed E-state index contributed by atoms with van der Waals surface area (Å²) in [4.78, 5) is 99.3. The summed E-state index contributed by atoms with van der Waals surface area (Å²) in [6, 6.07) is 21.5. The van der Waals surface area contributed by atoms with Crippen molar-refractivity contribution in [3.05, 3.63) is 119 Å². The van der Waals surface area contributed by atoms with Gasteiger partial charge in [-0.25, -0.2) is 9.59 Å². The van der Waals surface area contributed by atoms with Crippen LogP contribution in [0, 0.1) is 22.7 Å². The van der Waals surface area contributed by atoms with E-state index >= 15 is 9.59 Å². The number of aliphatic hydroxyl groups excluding tert-OH is 1. The fourth-order valence-corrected chi connectivity index (χ4v) is 10.8. The fourth-order valence-electron chi connectivity index (χ4n) is 10.8. The lowest BCUT2D eigenvalue weighted by molar-refractivity contribution is -0.346. The van der Waals surface area contributed by atoms with Gasteiger partial charge in [-0.05, 0) is 60.7 Å². The van der Waals surface area contributed by atoms with Crippen LogP contribution in [0.1, 0.15) is 101 Å². The molecule has 1 saturated heterocycles. The number of rotatable bonds is 13. The van der Waals surface area contributed by atoms with Crippen molar-refractivity contribution in [2.75, 3.05) is 6.61 Å². The van der Waals surface area contributed by atoms with Gasteiger partial charge in [0.15, 0.2) is 17.5 Å². The molecule has 3 fully saturated rings. The van der Waals surface area contributed by atoms with E-state index in [1.807, 2.05) is 0 Å². The first-order chi connectivity index (χ1) is 32.5. The Bertz CT molecular complexity index is 2510. The van der Waals surface area contributed by atoms with Gasteiger partial charge >= 0.3 is 29.8 Å². The van der Waals surface area contributed by atoms with Crippen molar-refractivity contribution >= 4 is 41.5 Å². The number of ether oxygens (including phenoxy) is 6. The van der Waals surface area contributed by atoms with Gasteiger partial charge in [0.25, 0.3) is 5.91 Å². The lowest BCUT2D eigenvalue weighted by Crippen LogP contribution is -2.82. The molecule has 17 nitrogen and oxygen atoms in total. The third-order valence-electron chi connectivity index (χ3n) is 14.7. The molecule has 0 spiro atoms. The minimum absolute atomic E-state index is 0.0391. The van der Waals surface area contributed by atoms with Crippen molar-refractivity contribution in [1.29, 1.82) is 0 Å². The van der Waals surface area contributed by atoms with Gasteiger partial charge in [0, 0.05) is 37.7 Å². The summed E-state index contributed by atoms with van der Waals surface area (Å²) in [6.07, 6.45) is -10.8. The molecule has 17 heteroatoms. The fraction of sp³-hybridized carbons (Fsp3) is 0.481. The molecule has 12 atom stereocenters. The second-order valence-electron chi connectivity index (χ2n) is 19.5. The van der Waals surface area contributed by atoms with Gasteiger partial charge in [0.2, 0.25) is 6.10 Å². The highest BCUT2D eigenvalue weighted by Crippen LogP contribution is 2.64. The Morgan fingerprint density at radius 3 is 1.93 bits per heavy atom. The van der Waals surface area contributed by atoms with Gasteiger partial charge in [-0.2, -0.15) is 0 Å². The van der Waals surface area contributed by atoms with E-state index in [4.69, 9.17) is 34.2 Å². The van der Waals surface area contributed by atoms with Crippen LogP contribution in [0.2, 0.25) is 0 Å². The number of esters is 5. The lowest BCUT2D eigenvalue weighted by Gasteiger charge is -2.67. The maximum Gasteiger partial charge on any atom is 0.350 e. The SMILES string of the molecule is CC(=O)O[C@H]1C(=O)[C@@]2(C)C([C@H](OC(=O)c3ccccc3)[C@]3(O)C[C@H](OC(=O)[C@H](OC(=O)[C@@H](N)C(C)C)[C@@H](NC(=O)c4ccccc4)c4ccccc4)C(C)=C1C3(C)C)[C@]1(OC(C)=O)CO[C@@H]1C[C@@H]2O. The van der Waals surface area contributed by atoms with E-state index in [1.54, 1.807) is 107 Å². The monoisotopic (exact) mass is 952 g/mol. The van der Waals surface area contributed by atoms with Gasteiger partial charge in [-0.3, -0.25) is 24.0 Å². The number of Topliss-reactive ketones (excluding diaryl/α,β-unsaturated/α-hetero) is 1. The van der Waals surface area contributed by atoms with E-state index in [0.29, 0.717) is 5.56 Å². The number of fused-ring (bicyclic) bond motifs is 5. The zero-order valence-corrected chi connectivity index (χ0v) is 39.8. The van der Waals surface area contributed by atoms with Crippen LogP contribution in [-0.2, 0) is 52.4 Å². The van der Waals surface area contributed by atoms with Crippen molar-refractivity contribution in [3.63, 3.8) is 0 Å². The summed E-state index contributed by atoms with van der Waals surface area (Å²) in [5, 5.41) is 28.9. The number of hydrogen-bond donors (Lipinski definition) is 4. The first-order valence-electron chi connectivity index (χ1n) is 23.0. The lowest BCUT2D eigenvalue weighted by atomic mass is 9.44. The number of aliphatic hydroxyl groups is 2. The quantitative estimate of drug-likeness (QED) is 0.106. The molecule has 1 aliphatic heterocycles. The second-order valence-corrected chi connectivity index (χ2v) is 19.5. The van der Waals surface area contributed by atoms with Gasteiger partial charge in [-0.1, -0.05) is 94.4 Å². The van der Waals surface area contributed by atoms with Gasteiger partial charge in [-0.15, -0.1) is 0 Å². The van der Waals surface area contributed by atoms with E-state index in [1.165, 1.54) is 26.0 Å². The highest BCUT2D eigenvalue weighted by molar-refractivity contribution is 5.96. The first-order valence-corrected chi connectivity index (χ1v) is 23.0. The predicted molar refractivity (Wildman–Crippen MR) is 244 cm³/mol. The molecule has 0 aromatic heterocycles. The Labute approximate surface area is 400 Å². The minimum Gasteiger partial charge on any atom is -0.455 e. The summed E-state index contributed by atoms with van der Waals surface area (Å²) >= 11 is 0. The smallest absolute Gasteiger partial charge is 0.350 e. The molecule has 2 saturated carbocycles. The summed E-state index contributed by atoms with van der Waals surface area (Å²) in [6.45, 7) is 11.2. The maximum atomic E-state index is 15.7. The van der Waals surface area contributed by atoms with Crippen molar-refractivity contribution in [2.45, 2.75) is 128 Å². The average Bonchev–Trinajstić information content (AvgIpc) is 3.31. The molecule has 0 radical (unpaired) electrons. The van der Waals surface area contributed by atoms with E-state index in [9.17, 15) is 34.2 Å². The molecule has 3 aromatic carbocycles. The number of amides is 1. The molecule has 69 heavy (non-hydrogen) atoms. The number of hydrogen-bond acceptors (Lipinski definition) is 16. The van der Waals surface area contributed by atoms with E-state index in [2.05, 4.69) is 5.32 Å². The van der Waals surface area contributed by atoms with Crippen LogP contribution < -0.4 is 11.1 Å². The Morgan fingerprint density at radius 1 is 0.812 bits per heavy atom. The van der Waals surface area contributed by atoms with Crippen LogP contribution in [0.15, 0.2) is 102 Å². The van der Waals surface area contributed by atoms with Crippen LogP contribution in [0.4, 0.5) is 0 Å². The third-order valence-corrected chi connectivity index (χ3v) is 14.7. The summed E-state index contributed by atoms with van der Waals surface area (Å²) in [5.74, 6) is -8.47. The number of nitrogens with two attached hydrogens (primary N) is 1. The molecule has 1 heterocycles. The Hall–Kier alpha value is -6.27. The van der Waals surface area contributed by atoms with Crippen molar-refractivity contribution < 1.29 is 72.2 Å². The summed E-state index contributed by atoms with van der Waals surface area (Å²) < 4.78 is 36.7. The van der Waals surface area contributed by atoms with Crippen LogP contribution >= 0.6 is 0 Å². The Morgan fingerprint density at radius 2 is 1.39 bits per heavy atom. The van der Waals surface area contributed by atoms with Crippen LogP contribution in [-0.4, -0.2) is 112 Å². The normalized spacial score (nSPS) is 30.3. The topological polar surface area (TPSA) is 253 Å². The van der Waals surface area contributed by atoms with Gasteiger partial charge in [0.1, 0.15) is 36.0 Å². The number of benzene rings is 3. The molecular formula is C52H60N2O15. The number of carbonyl (C=O) groups is 7. The largest absolute Gasteiger partial charge is 0.455 e. The first kappa shape index (κ1) is 50.6. The maximum absolute atomic E-state index is 15.7. The van der Waals surface area contributed by atoms with Crippen LogP contribution in [0.3, 0.4) is 0 Å². The van der Waals surface area contributed by atoms with E-state index in [-0.39, 0.29) is 35.3 Å². The second kappa shape index (κ2) is 19.3. The summed E-state index contributed by atoms with van der Waals surface area (Å²) in [7, 11) is 0. The number of carbonyl (C=O) groups excluding carboxylic acids is 7. The molecule has 3 aromatic rings. The predicted octanol–water partition coefficient (Wildman–Crippen LogP) is 4.27. The van der Waals surface area contributed by atoms with E-state index in [0.717, 1.165) is 13.8 Å². The standard InChI is InChI=1S/C52H60N2O15/c1-27(2)38(53)47(61)67-41(39(31-18-12-9-13-19-31)54-45(59)32-20-14-10-15-21-32)48(62)66-34-25-52(63)44(68-46(60)33-22-16-11-17-23-33)42-50(8,35(57)24-36-51(42,26-64-36)69-30(5)56)43(58)40(65-29(4)55)37(28(34)3)49(52,6)7/h9-23,27,34-36,38-42,44,57,63H,24-26,53H2,1-8H3,(H,54,59)/t34-,35-,36+,38-,39-,40+,41+,42?,44-,50+,51-,52+/m0/s1. The van der Waals surface area contributed by atoms with Crippen molar-refractivity contribution in [1.82, 2.24) is 5.32 Å². The zero-order valence-electron chi connectivity index (χ0n) is 39.8. The molecular weight excluding hydrogens is 893 g/mol. The van der Waals surface area contributed by atoms with Crippen LogP contribution in [0.25, 0.3) is 0 Å². The molecule has 3 aliphatic carbocycles. The molecule has 2 bridgehead atoms. The molecule has 7 rings (SSSR count). The average molecular weight is 953 g/mol. The van der Waals surface area contributed by atoms with Gasteiger partial charge in [0.05, 0.1) is 29.6 Å². The number of ketones is 1. The molecule has 368 valence electrons. The Balaban J connectivity index is 1.43. The van der Waals surface area contributed by atoms with Crippen molar-refractivity contribution in [3.8, 4) is 0 Å². The molecule has 1 amide bonds. The molecule has 1 unspecified atom stereocenters. The molecule has 4 aliphatic rings. The highest BCUT2D eigenvalue weighted by atomic mass is 16.6. The number of nitrogens with one attached hydrogen (secondary N) is 1. The van der Waals surface area contributed by atoms with Crippen molar-refractivity contribution in [2.24, 2.45) is 28.4 Å². The zero-order chi connectivity index (χ0) is 50.4.